The van der Waals surface area contributed by atoms with Gasteiger partial charge in [0.1, 0.15) is 12.1 Å². The predicted octanol–water partition coefficient (Wildman–Crippen LogP) is 4.95. The minimum absolute atomic E-state index is 0.00629. The number of carbonyl (C=O) groups is 3. The first-order chi connectivity index (χ1) is 23.4. The summed E-state index contributed by atoms with van der Waals surface area (Å²) in [6, 6.07) is 28.7. The summed E-state index contributed by atoms with van der Waals surface area (Å²) >= 11 is 0. The Labute approximate surface area is 285 Å². The molecule has 9 nitrogen and oxygen atoms in total. The van der Waals surface area contributed by atoms with Crippen LogP contribution in [0.4, 0.5) is 0 Å². The van der Waals surface area contributed by atoms with E-state index in [1.807, 2.05) is 42.5 Å². The molecular weight excluding hydrogens is 604 g/mol. The highest BCUT2D eigenvalue weighted by atomic mass is 16.5. The van der Waals surface area contributed by atoms with Crippen LogP contribution in [0, 0.1) is 5.92 Å². The van der Waals surface area contributed by atoms with E-state index in [0.29, 0.717) is 19.3 Å². The van der Waals surface area contributed by atoms with Gasteiger partial charge in [0, 0.05) is 32.2 Å². The fourth-order valence-electron chi connectivity index (χ4n) is 6.73. The van der Waals surface area contributed by atoms with Crippen molar-refractivity contribution in [2.75, 3.05) is 19.7 Å². The average Bonchev–Trinajstić information content (AvgIpc) is 3.72. The monoisotopic (exact) mass is 656 g/mol. The van der Waals surface area contributed by atoms with Gasteiger partial charge < -0.3 is 25.4 Å². The second-order valence-electron chi connectivity index (χ2n) is 12.6. The van der Waals surface area contributed by atoms with E-state index < -0.39 is 24.1 Å². The highest BCUT2D eigenvalue weighted by Crippen LogP contribution is 2.41. The number of fused-ring (bicyclic) bond motifs is 1. The van der Waals surface area contributed by atoms with Gasteiger partial charge in [-0.15, -0.1) is 0 Å². The zero-order valence-corrected chi connectivity index (χ0v) is 28.4. The van der Waals surface area contributed by atoms with Crippen LogP contribution in [0.1, 0.15) is 62.6 Å². The molecule has 1 saturated carbocycles. The van der Waals surface area contributed by atoms with Crippen LogP contribution in [-0.2, 0) is 38.6 Å². The van der Waals surface area contributed by atoms with E-state index in [0.717, 1.165) is 51.0 Å². The van der Waals surface area contributed by atoms with Crippen LogP contribution in [0.5, 0.6) is 0 Å². The fourth-order valence-corrected chi connectivity index (χ4v) is 6.73. The van der Waals surface area contributed by atoms with Crippen LogP contribution in [0.15, 0.2) is 91.0 Å². The van der Waals surface area contributed by atoms with Crippen molar-refractivity contribution in [3.8, 4) is 0 Å². The molecule has 0 bridgehead atoms. The lowest BCUT2D eigenvalue weighted by Crippen LogP contribution is -2.55. The number of carbonyl (C=O) groups excluding carboxylic acids is 2. The molecule has 0 spiro atoms. The Morgan fingerprint density at radius 1 is 0.833 bits per heavy atom. The van der Waals surface area contributed by atoms with Gasteiger partial charge in [-0.3, -0.25) is 14.9 Å². The number of carboxylic acid groups (broad SMARTS) is 1. The molecule has 0 radical (unpaired) electrons. The lowest BCUT2D eigenvalue weighted by Gasteiger charge is -2.31. The summed E-state index contributed by atoms with van der Waals surface area (Å²) in [5.41, 5.74) is 3.77. The van der Waals surface area contributed by atoms with Crippen molar-refractivity contribution in [1.82, 2.24) is 20.9 Å². The third kappa shape index (κ3) is 11.3. The van der Waals surface area contributed by atoms with Gasteiger partial charge in [0.25, 0.3) is 0 Å². The molecule has 3 aromatic carbocycles. The molecule has 1 saturated heterocycles. The Balaban J connectivity index is 0.000000246. The third-order valence-corrected chi connectivity index (χ3v) is 9.16. The summed E-state index contributed by atoms with van der Waals surface area (Å²) in [6.45, 7) is 7.58. The second-order valence-corrected chi connectivity index (χ2v) is 12.6. The van der Waals surface area contributed by atoms with E-state index in [4.69, 9.17) is 4.74 Å². The van der Waals surface area contributed by atoms with Gasteiger partial charge in [-0.2, -0.15) is 0 Å². The zero-order chi connectivity index (χ0) is 34.1. The smallest absolute Gasteiger partial charge is 0.326 e. The lowest BCUT2D eigenvalue weighted by atomic mass is 10.0. The van der Waals surface area contributed by atoms with E-state index in [-0.39, 0.29) is 30.4 Å². The number of ether oxygens (including phenoxy) is 1. The molecule has 0 unspecified atom stereocenters. The summed E-state index contributed by atoms with van der Waals surface area (Å²) in [6.07, 6.45) is 4.54. The Morgan fingerprint density at radius 3 is 1.90 bits per heavy atom. The van der Waals surface area contributed by atoms with Crippen LogP contribution in [0.2, 0.25) is 0 Å². The number of likely N-dealkylation sites (tertiary alicyclic amines) is 1. The number of nitrogens with one attached hydrogen (secondary N) is 3. The summed E-state index contributed by atoms with van der Waals surface area (Å²) in [5.74, 6) is -1.31. The molecule has 1 amide bonds. The Morgan fingerprint density at radius 2 is 1.38 bits per heavy atom. The molecule has 5 atom stereocenters. The molecule has 1 aliphatic carbocycles. The van der Waals surface area contributed by atoms with Crippen molar-refractivity contribution in [3.05, 3.63) is 108 Å². The minimum Gasteiger partial charge on any atom is -0.480 e. The maximum Gasteiger partial charge on any atom is 0.326 e. The maximum absolute atomic E-state index is 13.2. The van der Waals surface area contributed by atoms with Gasteiger partial charge in [-0.25, -0.2) is 4.79 Å². The molecule has 2 fully saturated rings. The summed E-state index contributed by atoms with van der Waals surface area (Å²) in [5, 5.41) is 19.6. The number of benzene rings is 3. The van der Waals surface area contributed by atoms with Crippen LogP contribution in [0.25, 0.3) is 0 Å². The van der Waals surface area contributed by atoms with Crippen LogP contribution in [0.3, 0.4) is 0 Å². The number of aliphatic carboxylic acids is 1. The Hall–Kier alpha value is -4.05. The largest absolute Gasteiger partial charge is 0.480 e. The number of aryl methyl sites for hydroxylation is 1. The number of carboxylic acids is 1. The number of esters is 1. The topological polar surface area (TPSA) is 120 Å². The molecule has 3 aromatic rings. The van der Waals surface area contributed by atoms with Gasteiger partial charge in [0.2, 0.25) is 5.91 Å². The minimum atomic E-state index is -0.948. The van der Waals surface area contributed by atoms with Gasteiger partial charge in [0.05, 0.1) is 12.6 Å². The molecular formula is C39H52N4O5. The number of rotatable bonds is 16. The molecule has 0 aromatic heterocycles. The molecule has 258 valence electrons. The summed E-state index contributed by atoms with van der Waals surface area (Å²) < 4.78 is 5.21. The van der Waals surface area contributed by atoms with E-state index in [1.54, 1.807) is 18.7 Å². The summed E-state index contributed by atoms with van der Waals surface area (Å²) in [7, 11) is 0. The summed E-state index contributed by atoms with van der Waals surface area (Å²) in [4.78, 5) is 39.1. The first kappa shape index (κ1) is 36.8. The van der Waals surface area contributed by atoms with Crippen LogP contribution in [-0.4, -0.2) is 71.7 Å². The average molecular weight is 657 g/mol. The van der Waals surface area contributed by atoms with Crippen molar-refractivity contribution in [1.29, 1.82) is 0 Å². The van der Waals surface area contributed by atoms with Gasteiger partial charge in [0.15, 0.2) is 0 Å². The molecule has 1 heterocycles. The third-order valence-electron chi connectivity index (χ3n) is 9.16. The highest BCUT2D eigenvalue weighted by Gasteiger charge is 2.49. The molecule has 2 aliphatic rings. The van der Waals surface area contributed by atoms with Crippen LogP contribution >= 0.6 is 0 Å². The molecule has 4 N–H and O–H groups in total. The number of amides is 1. The quantitative estimate of drug-likeness (QED) is 0.126. The van der Waals surface area contributed by atoms with Gasteiger partial charge in [-0.05, 0) is 68.6 Å². The standard InChI is InChI=1S/C23H32N2O5.C16H20N2/c1-3-30-23(29)18(13-12-16-8-5-4-6-9-16)24-15(2)21(26)25-19-11-7-10-17(19)14-20(25)22(27)28;1-3-7-15(8-4-1)13-17-11-12-18-14-16-9-5-2-6-10-16/h4-6,8-9,15,17-20,24H,3,7,10-14H2,1-2H3,(H,27,28);1-10,17-18H,11-14H2/t15-,17-,18-,19-,20-;/m0./s1. The fraction of sp³-hybridized carbons (Fsp3) is 0.462. The van der Waals surface area contributed by atoms with E-state index >= 15 is 0 Å². The maximum atomic E-state index is 13.2. The highest BCUT2D eigenvalue weighted by molar-refractivity contribution is 5.88. The number of nitrogens with zero attached hydrogens (tertiary/aromatic N) is 1. The van der Waals surface area contributed by atoms with Gasteiger partial charge in [-0.1, -0.05) is 97.4 Å². The Bertz CT molecular complexity index is 1350. The van der Waals surface area contributed by atoms with Crippen LogP contribution < -0.4 is 16.0 Å². The molecule has 9 heteroatoms. The first-order valence-electron chi connectivity index (χ1n) is 17.4. The second kappa shape index (κ2) is 19.7. The lowest BCUT2D eigenvalue weighted by molar-refractivity contribution is -0.151. The Kier molecular flexibility index (Phi) is 15.1. The normalized spacial score (nSPS) is 19.5. The zero-order valence-electron chi connectivity index (χ0n) is 28.4. The number of hydrogen-bond acceptors (Lipinski definition) is 7. The van der Waals surface area contributed by atoms with Gasteiger partial charge >= 0.3 is 11.9 Å². The molecule has 1 aliphatic heterocycles. The first-order valence-corrected chi connectivity index (χ1v) is 17.4. The van der Waals surface area contributed by atoms with Crippen molar-refractivity contribution in [3.63, 3.8) is 0 Å². The van der Waals surface area contributed by atoms with E-state index in [2.05, 4.69) is 64.5 Å². The molecule has 5 rings (SSSR count). The molecule has 48 heavy (non-hydrogen) atoms. The van der Waals surface area contributed by atoms with E-state index in [1.165, 1.54) is 11.1 Å². The van der Waals surface area contributed by atoms with Crippen molar-refractivity contribution >= 4 is 17.8 Å². The van der Waals surface area contributed by atoms with Crippen molar-refractivity contribution in [2.45, 2.75) is 89.6 Å². The van der Waals surface area contributed by atoms with Crippen molar-refractivity contribution in [2.24, 2.45) is 5.92 Å². The SMILES string of the molecule is CCOC(=O)[C@H](CCc1ccccc1)N[C@@H](C)C(=O)N1[C@H](C(=O)O)C[C@@H]2CCC[C@@H]21.c1ccc(CNCCNCc2ccccc2)cc1. The number of hydrogen-bond donors (Lipinski definition) is 4. The van der Waals surface area contributed by atoms with E-state index in [9.17, 15) is 19.5 Å². The predicted molar refractivity (Wildman–Crippen MR) is 188 cm³/mol. The van der Waals surface area contributed by atoms with Crippen molar-refractivity contribution < 1.29 is 24.2 Å².